The second-order valence-electron chi connectivity index (χ2n) is 14.1. The number of hydrogen-bond donors (Lipinski definition) is 0. The number of hydrogen-bond acceptors (Lipinski definition) is 2. The second-order valence-corrected chi connectivity index (χ2v) is 14.1. The summed E-state index contributed by atoms with van der Waals surface area (Å²) in [4.78, 5) is 0. The molecule has 7 aromatic carbocycles. The Bertz CT molecular complexity index is 3140. The van der Waals surface area contributed by atoms with Crippen LogP contribution in [-0.2, 0) is 5.41 Å². The van der Waals surface area contributed by atoms with Crippen molar-refractivity contribution in [2.75, 3.05) is 0 Å². The molecule has 0 saturated carbocycles. The van der Waals surface area contributed by atoms with Gasteiger partial charge in [0.25, 0.3) is 0 Å². The molecule has 1 aliphatic carbocycles. The van der Waals surface area contributed by atoms with Gasteiger partial charge in [0.15, 0.2) is 0 Å². The number of aromatic nitrogens is 2. The summed E-state index contributed by atoms with van der Waals surface area (Å²) in [5, 5.41) is 16.5. The standard InChI is InChI=1S/C46H29N3O/c1-46(2)36-12-6-3-10-31(36)44-37(46)18-20-41-45(44)32-11-5-8-14-39(32)49(41)29-17-22-43-35(25-29)34-24-28(16-21-42(34)50-43)48-38-13-7-4-9-30(38)33-23-27(26-47)15-19-40(33)48/h3-25H,1-2H3. The van der Waals surface area contributed by atoms with Crippen molar-refractivity contribution in [3.8, 4) is 28.6 Å². The number of nitrogens with zero attached hydrogens (tertiary/aromatic N) is 3. The van der Waals surface area contributed by atoms with E-state index < -0.39 is 0 Å². The number of para-hydroxylation sites is 2. The Balaban J connectivity index is 1.16. The fourth-order valence-electron chi connectivity index (χ4n) is 8.88. The average molecular weight is 640 g/mol. The Hall–Kier alpha value is -6.57. The van der Waals surface area contributed by atoms with E-state index in [2.05, 4.69) is 156 Å². The van der Waals surface area contributed by atoms with Crippen molar-refractivity contribution in [1.29, 1.82) is 5.26 Å². The topological polar surface area (TPSA) is 46.8 Å². The largest absolute Gasteiger partial charge is 0.456 e. The van der Waals surface area contributed by atoms with E-state index in [0.717, 1.165) is 55.1 Å². The van der Waals surface area contributed by atoms with E-state index in [1.807, 2.05) is 12.1 Å². The van der Waals surface area contributed by atoms with Crippen LogP contribution in [0, 0.1) is 11.3 Å². The van der Waals surface area contributed by atoms with Crippen LogP contribution in [0.5, 0.6) is 0 Å². The lowest BCUT2D eigenvalue weighted by Gasteiger charge is -2.21. The first-order valence-corrected chi connectivity index (χ1v) is 17.1. The summed E-state index contributed by atoms with van der Waals surface area (Å²) in [6.07, 6.45) is 0. The molecule has 0 N–H and O–H groups in total. The van der Waals surface area contributed by atoms with Crippen LogP contribution >= 0.6 is 0 Å². The number of nitriles is 1. The van der Waals surface area contributed by atoms with Crippen LogP contribution in [0.15, 0.2) is 144 Å². The minimum atomic E-state index is -0.0655. The van der Waals surface area contributed by atoms with E-state index in [1.165, 1.54) is 44.1 Å². The SMILES string of the molecule is CC1(C)c2ccccc2-c2c1ccc1c2c2ccccc2n1-c1ccc2oc3ccc(-n4c5ccccc5c5cc(C#N)ccc54)cc3c2c1. The van der Waals surface area contributed by atoms with Crippen LogP contribution < -0.4 is 0 Å². The van der Waals surface area contributed by atoms with E-state index in [9.17, 15) is 5.26 Å². The lowest BCUT2D eigenvalue weighted by atomic mass is 9.82. The third-order valence-electron chi connectivity index (χ3n) is 11.1. The van der Waals surface area contributed by atoms with E-state index in [0.29, 0.717) is 5.56 Å². The van der Waals surface area contributed by atoms with Crippen molar-refractivity contribution >= 4 is 65.6 Å². The molecule has 0 bridgehead atoms. The zero-order valence-electron chi connectivity index (χ0n) is 27.5. The van der Waals surface area contributed by atoms with E-state index >= 15 is 0 Å². The third kappa shape index (κ3) is 3.43. The number of benzene rings is 7. The molecule has 0 spiro atoms. The number of furan rings is 1. The van der Waals surface area contributed by atoms with Gasteiger partial charge in [0.1, 0.15) is 11.2 Å². The molecule has 0 amide bonds. The molecule has 0 radical (unpaired) electrons. The first-order chi connectivity index (χ1) is 24.5. The number of fused-ring (bicyclic) bond motifs is 13. The molecule has 11 rings (SSSR count). The fourth-order valence-corrected chi connectivity index (χ4v) is 8.88. The lowest BCUT2D eigenvalue weighted by Crippen LogP contribution is -2.14. The average Bonchev–Trinajstić information content (AvgIpc) is 3.86. The van der Waals surface area contributed by atoms with Gasteiger partial charge in [0, 0.05) is 49.1 Å². The molecule has 4 heteroatoms. The predicted molar refractivity (Wildman–Crippen MR) is 205 cm³/mol. The minimum Gasteiger partial charge on any atom is -0.456 e. The zero-order valence-corrected chi connectivity index (χ0v) is 27.5. The summed E-state index contributed by atoms with van der Waals surface area (Å²) in [6, 6.07) is 52.1. The van der Waals surface area contributed by atoms with Gasteiger partial charge in [0.2, 0.25) is 0 Å². The van der Waals surface area contributed by atoms with Gasteiger partial charge in [-0.15, -0.1) is 0 Å². The van der Waals surface area contributed by atoms with Gasteiger partial charge >= 0.3 is 0 Å². The van der Waals surface area contributed by atoms with Crippen LogP contribution in [0.2, 0.25) is 0 Å². The van der Waals surface area contributed by atoms with Gasteiger partial charge < -0.3 is 13.6 Å². The summed E-state index contributed by atoms with van der Waals surface area (Å²) >= 11 is 0. The molecule has 0 unspecified atom stereocenters. The molecule has 0 fully saturated rings. The van der Waals surface area contributed by atoms with Crippen molar-refractivity contribution in [2.24, 2.45) is 0 Å². The predicted octanol–water partition coefficient (Wildman–Crippen LogP) is 12.0. The van der Waals surface area contributed by atoms with Gasteiger partial charge in [-0.2, -0.15) is 5.26 Å². The maximum absolute atomic E-state index is 9.63. The van der Waals surface area contributed by atoms with Crippen molar-refractivity contribution in [3.63, 3.8) is 0 Å². The molecule has 4 nitrogen and oxygen atoms in total. The van der Waals surface area contributed by atoms with Gasteiger partial charge in [-0.25, -0.2) is 0 Å². The fraction of sp³-hybridized carbons (Fsp3) is 0.0652. The highest BCUT2D eigenvalue weighted by Crippen LogP contribution is 2.53. The molecule has 0 atom stereocenters. The van der Waals surface area contributed by atoms with Crippen molar-refractivity contribution in [3.05, 3.63) is 156 Å². The Morgan fingerprint density at radius 1 is 0.520 bits per heavy atom. The van der Waals surface area contributed by atoms with Gasteiger partial charge in [-0.1, -0.05) is 80.6 Å². The van der Waals surface area contributed by atoms with Gasteiger partial charge in [-0.05, 0) is 95.1 Å². The van der Waals surface area contributed by atoms with Crippen LogP contribution in [0.4, 0.5) is 0 Å². The Labute approximate surface area is 287 Å². The minimum absolute atomic E-state index is 0.0655. The first-order valence-electron chi connectivity index (χ1n) is 17.1. The van der Waals surface area contributed by atoms with Crippen molar-refractivity contribution in [2.45, 2.75) is 19.3 Å². The summed E-state index contributed by atoms with van der Waals surface area (Å²) in [5.74, 6) is 0. The van der Waals surface area contributed by atoms with Crippen LogP contribution in [0.1, 0.15) is 30.5 Å². The molecular weight excluding hydrogens is 611 g/mol. The first kappa shape index (κ1) is 27.4. The molecule has 50 heavy (non-hydrogen) atoms. The zero-order chi connectivity index (χ0) is 33.3. The molecule has 10 aromatic rings. The number of rotatable bonds is 2. The quantitative estimate of drug-likeness (QED) is 0.189. The maximum atomic E-state index is 9.63. The highest BCUT2D eigenvalue weighted by molar-refractivity contribution is 6.18. The van der Waals surface area contributed by atoms with Crippen LogP contribution in [0.3, 0.4) is 0 Å². The monoisotopic (exact) mass is 639 g/mol. The van der Waals surface area contributed by atoms with Gasteiger partial charge in [-0.3, -0.25) is 0 Å². The van der Waals surface area contributed by atoms with Crippen LogP contribution in [0.25, 0.3) is 88.1 Å². The highest BCUT2D eigenvalue weighted by atomic mass is 16.3. The second kappa shape index (κ2) is 9.53. The van der Waals surface area contributed by atoms with E-state index in [-0.39, 0.29) is 5.41 Å². The summed E-state index contributed by atoms with van der Waals surface area (Å²) in [5.41, 5.74) is 14.5. The normalized spacial score (nSPS) is 13.5. The smallest absolute Gasteiger partial charge is 0.135 e. The lowest BCUT2D eigenvalue weighted by molar-refractivity contribution is 0.661. The molecular formula is C46H29N3O. The van der Waals surface area contributed by atoms with Crippen LogP contribution in [-0.4, -0.2) is 9.13 Å². The summed E-state index contributed by atoms with van der Waals surface area (Å²) < 4.78 is 11.2. The van der Waals surface area contributed by atoms with E-state index in [4.69, 9.17) is 4.42 Å². The molecule has 3 aromatic heterocycles. The Morgan fingerprint density at radius 3 is 1.86 bits per heavy atom. The molecule has 0 aliphatic heterocycles. The highest BCUT2D eigenvalue weighted by Gasteiger charge is 2.37. The Kier molecular flexibility index (Phi) is 5.22. The molecule has 234 valence electrons. The van der Waals surface area contributed by atoms with Gasteiger partial charge in [0.05, 0.1) is 33.7 Å². The molecule has 1 aliphatic rings. The van der Waals surface area contributed by atoms with Crippen molar-refractivity contribution in [1.82, 2.24) is 9.13 Å². The molecule has 0 saturated heterocycles. The summed E-state index contributed by atoms with van der Waals surface area (Å²) in [6.45, 7) is 4.69. The maximum Gasteiger partial charge on any atom is 0.135 e. The molecule has 3 heterocycles. The van der Waals surface area contributed by atoms with Crippen molar-refractivity contribution < 1.29 is 4.42 Å². The summed E-state index contributed by atoms with van der Waals surface area (Å²) in [7, 11) is 0. The van der Waals surface area contributed by atoms with E-state index in [1.54, 1.807) is 0 Å². The Morgan fingerprint density at radius 2 is 1.12 bits per heavy atom. The third-order valence-corrected chi connectivity index (χ3v) is 11.1.